The zero-order valence-electron chi connectivity index (χ0n) is 31.2. The summed E-state index contributed by atoms with van der Waals surface area (Å²) in [6.45, 7) is -4.83. The molecule has 0 saturated heterocycles. The number of nitrogens with one attached hydrogen (secondary N) is 4. The van der Waals surface area contributed by atoms with Gasteiger partial charge in [0.2, 0.25) is 6.10 Å². The molecule has 60 heavy (non-hydrogen) atoms. The first-order chi connectivity index (χ1) is 28.1. The normalized spacial score (nSPS) is 12.8. The summed E-state index contributed by atoms with van der Waals surface area (Å²) in [4.78, 5) is 84.1. The third-order valence-corrected chi connectivity index (χ3v) is 14.6. The van der Waals surface area contributed by atoms with Crippen LogP contribution in [0.15, 0.2) is 0 Å². The van der Waals surface area contributed by atoms with Gasteiger partial charge in [-0.3, -0.25) is 28.8 Å². The summed E-state index contributed by atoms with van der Waals surface area (Å²) < 4.78 is 0.246. The van der Waals surface area contributed by atoms with E-state index in [9.17, 15) is 74.7 Å². The summed E-state index contributed by atoms with van der Waals surface area (Å²) in [6.07, 6.45) is -5.21. The van der Waals surface area contributed by atoms with Gasteiger partial charge in [-0.15, -0.1) is 0 Å². The Morgan fingerprint density at radius 1 is 0.467 bits per heavy atom. The topological polar surface area (TPSA) is 339 Å². The van der Waals surface area contributed by atoms with Gasteiger partial charge in [-0.05, 0) is 136 Å². The van der Waals surface area contributed by atoms with E-state index in [0.717, 1.165) is 23.9 Å². The Bertz CT molecular complexity index is 1820. The lowest BCUT2D eigenvalue weighted by Crippen LogP contribution is -2.48. The lowest BCUT2D eigenvalue weighted by atomic mass is 10.1. The van der Waals surface area contributed by atoms with Crippen LogP contribution in [0.4, 0.5) is 11.4 Å². The number of hydrogen-bond acceptors (Lipinski definition) is 15. The van der Waals surface area contributed by atoms with Crippen molar-refractivity contribution in [2.75, 3.05) is 76.6 Å². The zero-order valence-corrected chi connectivity index (χ0v) is 44.1. The average molecular weight is 1520 g/mol. The highest BCUT2D eigenvalue weighted by Crippen LogP contribution is 2.40. The lowest BCUT2D eigenvalue weighted by Gasteiger charge is -2.29. The number of aliphatic hydroxyl groups excluding tert-OH is 9. The fourth-order valence-electron chi connectivity index (χ4n) is 4.92. The molecule has 2 unspecified atom stereocenters. The number of aliphatic hydroxyl groups is 9. The van der Waals surface area contributed by atoms with Crippen LogP contribution >= 0.6 is 136 Å². The Morgan fingerprint density at radius 2 is 0.733 bits per heavy atom. The number of carbonyl (C=O) groups is 6. The molecule has 6 amide bonds. The molecule has 0 aliphatic carbocycles. The van der Waals surface area contributed by atoms with Crippen LogP contribution in [0.5, 0.6) is 0 Å². The van der Waals surface area contributed by atoms with Crippen LogP contribution in [0, 0.1) is 21.4 Å². The number of nitrogens with zero attached hydrogens (tertiary/aromatic N) is 2. The minimum absolute atomic E-state index is 0.0349. The molecule has 334 valence electrons. The van der Waals surface area contributed by atoms with Gasteiger partial charge in [0.25, 0.3) is 35.4 Å². The Morgan fingerprint density at radius 3 is 0.983 bits per heavy atom. The summed E-state index contributed by atoms with van der Waals surface area (Å²) in [6, 6.07) is -2.25. The molecule has 0 heterocycles. The second-order valence-electron chi connectivity index (χ2n) is 12.4. The second-order valence-corrected chi connectivity index (χ2v) is 18.9. The second kappa shape index (κ2) is 25.7. The molecule has 0 radical (unpaired) electrons. The van der Waals surface area contributed by atoms with Gasteiger partial charge >= 0.3 is 0 Å². The molecule has 2 aromatic rings. The number of carbonyl (C=O) groups excluding carboxylic acids is 6. The maximum atomic E-state index is 14.1. The largest absolute Gasteiger partial charge is 0.394 e. The first-order valence-electron chi connectivity index (χ1n) is 16.9. The van der Waals surface area contributed by atoms with E-state index in [0.29, 0.717) is 0 Å². The smallest absolute Gasteiger partial charge is 0.265 e. The van der Waals surface area contributed by atoms with Gasteiger partial charge in [-0.1, -0.05) is 0 Å². The minimum atomic E-state index is -2.51. The highest BCUT2D eigenvalue weighted by atomic mass is 127. The van der Waals surface area contributed by atoms with E-state index < -0.39 is 119 Å². The van der Waals surface area contributed by atoms with E-state index >= 15 is 0 Å². The van der Waals surface area contributed by atoms with Crippen LogP contribution < -0.4 is 31.1 Å². The monoisotopic (exact) mass is 1520 g/mol. The van der Waals surface area contributed by atoms with Crippen molar-refractivity contribution in [1.29, 1.82) is 0 Å². The summed E-state index contributed by atoms with van der Waals surface area (Å²) in [7, 11) is 2.30. The average Bonchev–Trinajstić information content (AvgIpc) is 3.21. The molecule has 0 spiro atoms. The standard InChI is InChI=1S/C33H40I6N6O15/c1-44(25-21(36)15(28(55)40-3-13(52)9-50)19(34)17(23(25)38)30(57)42-11(5-46)6-47)32(59)27(54)33(60)45(2)26-22(37)16(29(56)41-4-14(53)10-51)20(35)18(24(26)39)31(58)43-12(7-48)8-49/h11-14,27,46-54H,3-10H2,1-2H3,(H,40,55)(H,41,56)(H,42,57)(H,43,58). The van der Waals surface area contributed by atoms with Gasteiger partial charge in [-0.25, -0.2) is 0 Å². The first kappa shape index (κ1) is 55.4. The van der Waals surface area contributed by atoms with E-state index in [4.69, 9.17) is 0 Å². The van der Waals surface area contributed by atoms with Gasteiger partial charge < -0.3 is 77.0 Å². The molecule has 0 aliphatic heterocycles. The van der Waals surface area contributed by atoms with Crippen molar-refractivity contribution in [2.45, 2.75) is 30.4 Å². The summed E-state index contributed by atoms with van der Waals surface area (Å²) in [5.74, 6) is -6.02. The fraction of sp³-hybridized carbons (Fsp3) is 0.455. The minimum Gasteiger partial charge on any atom is -0.394 e. The van der Waals surface area contributed by atoms with Gasteiger partial charge in [0.05, 0.1) is 112 Å². The molecule has 2 atom stereocenters. The fourth-order valence-corrected chi connectivity index (χ4v) is 14.7. The Kier molecular flexibility index (Phi) is 23.7. The lowest BCUT2D eigenvalue weighted by molar-refractivity contribution is -0.137. The van der Waals surface area contributed by atoms with Crippen LogP contribution in [0.1, 0.15) is 41.4 Å². The molecule has 21 nitrogen and oxygen atoms in total. The van der Waals surface area contributed by atoms with Gasteiger partial charge in [-0.2, -0.15) is 0 Å². The molecule has 2 rings (SSSR count). The molecule has 0 saturated carbocycles. The predicted molar refractivity (Wildman–Crippen MR) is 264 cm³/mol. The van der Waals surface area contributed by atoms with Crippen molar-refractivity contribution < 1.29 is 74.7 Å². The molecule has 0 aliphatic rings. The molecule has 27 heteroatoms. The van der Waals surface area contributed by atoms with Crippen molar-refractivity contribution >= 4 is 182 Å². The van der Waals surface area contributed by atoms with Crippen molar-refractivity contribution in [2.24, 2.45) is 0 Å². The maximum Gasteiger partial charge on any atom is 0.265 e. The number of halogens is 6. The maximum absolute atomic E-state index is 14.1. The number of hydrogen-bond donors (Lipinski definition) is 13. The molecular formula is C33H40I6N6O15. The van der Waals surface area contributed by atoms with Crippen molar-refractivity contribution in [3.05, 3.63) is 43.7 Å². The van der Waals surface area contributed by atoms with Crippen LogP contribution in [-0.4, -0.2) is 179 Å². The van der Waals surface area contributed by atoms with Crippen LogP contribution in [0.25, 0.3) is 0 Å². The van der Waals surface area contributed by atoms with Gasteiger partial charge in [0, 0.05) is 34.3 Å². The van der Waals surface area contributed by atoms with Crippen LogP contribution in [0.2, 0.25) is 0 Å². The van der Waals surface area contributed by atoms with E-state index in [1.807, 2.05) is 0 Å². The number of likely N-dealkylation sites (N-methyl/N-ethyl adjacent to an activating group) is 2. The molecule has 0 aromatic heterocycles. The van der Waals surface area contributed by atoms with E-state index in [1.165, 1.54) is 0 Å². The predicted octanol–water partition coefficient (Wildman–Crippen LogP) is -2.37. The molecule has 13 N–H and O–H groups in total. The Balaban J connectivity index is 2.81. The third-order valence-electron chi connectivity index (χ3n) is 8.27. The zero-order chi connectivity index (χ0) is 45.9. The van der Waals surface area contributed by atoms with Gasteiger partial charge in [0.1, 0.15) is 0 Å². The third kappa shape index (κ3) is 13.2. The quantitative estimate of drug-likeness (QED) is 0.0487. The number of rotatable bonds is 20. The van der Waals surface area contributed by atoms with Crippen LogP contribution in [0.3, 0.4) is 0 Å². The summed E-state index contributed by atoms with van der Waals surface area (Å²) >= 11 is 10.3. The molecular weight excluding hydrogens is 1480 g/mol. The van der Waals surface area contributed by atoms with Crippen molar-refractivity contribution in [3.8, 4) is 0 Å². The summed E-state index contributed by atoms with van der Waals surface area (Å²) in [5.41, 5.74) is -1.02. The molecule has 2 aromatic carbocycles. The van der Waals surface area contributed by atoms with E-state index in [-0.39, 0.29) is 55.0 Å². The number of anilines is 2. The highest BCUT2D eigenvalue weighted by Gasteiger charge is 2.38. The number of benzene rings is 2. The van der Waals surface area contributed by atoms with E-state index in [1.54, 1.807) is 136 Å². The van der Waals surface area contributed by atoms with Crippen molar-refractivity contribution in [1.82, 2.24) is 21.3 Å². The molecule has 0 bridgehead atoms. The van der Waals surface area contributed by atoms with Gasteiger partial charge in [0.15, 0.2) is 0 Å². The summed E-state index contributed by atoms with van der Waals surface area (Å²) in [5, 5.41) is 97.8. The number of amides is 6. The van der Waals surface area contributed by atoms with E-state index in [2.05, 4.69) is 21.3 Å². The van der Waals surface area contributed by atoms with Crippen LogP contribution in [-0.2, 0) is 9.59 Å². The Hall–Kier alpha value is -0.720. The first-order valence-corrected chi connectivity index (χ1v) is 23.4. The highest BCUT2D eigenvalue weighted by molar-refractivity contribution is 14.1. The Labute approximate surface area is 424 Å². The molecule has 0 fully saturated rings. The SMILES string of the molecule is CN(C(=O)C(O)C(=O)N(C)c1c(I)c(C(=O)NCC(O)CO)c(I)c(C(=O)NC(CO)CO)c1I)c1c(I)c(C(=O)NCC(O)CO)c(I)c(C(=O)NC(CO)CO)c1I. The van der Waals surface area contributed by atoms with Crippen molar-refractivity contribution in [3.63, 3.8) is 0 Å².